The van der Waals surface area contributed by atoms with E-state index in [1.165, 1.54) is 0 Å². The third-order valence-corrected chi connectivity index (χ3v) is 3.40. The molecule has 0 aromatic rings. The second-order valence-electron chi connectivity index (χ2n) is 4.26. The van der Waals surface area contributed by atoms with Crippen LogP contribution in [-0.4, -0.2) is 59.9 Å². The maximum atomic E-state index is 11.9. The molecule has 2 atom stereocenters. The summed E-state index contributed by atoms with van der Waals surface area (Å²) < 4.78 is 34.2. The smallest absolute Gasteiger partial charge is 0.309 e. The van der Waals surface area contributed by atoms with Crippen LogP contribution >= 0.6 is 0 Å². The number of nitrogens with zero attached hydrogens (tertiary/aromatic N) is 2. The molecule has 20 heavy (non-hydrogen) atoms. The molecule has 2 aliphatic rings. The van der Waals surface area contributed by atoms with Crippen LogP contribution in [0.4, 0.5) is 4.79 Å². The van der Waals surface area contributed by atoms with Gasteiger partial charge >= 0.3 is 16.4 Å². The van der Waals surface area contributed by atoms with Gasteiger partial charge in [-0.3, -0.25) is 25.0 Å². The first-order valence-corrected chi connectivity index (χ1v) is 6.96. The second-order valence-corrected chi connectivity index (χ2v) is 5.27. The largest absolute Gasteiger partial charge is 0.418 e. The van der Waals surface area contributed by atoms with E-state index in [0.29, 0.717) is 11.5 Å². The molecule has 12 heteroatoms. The molecule has 2 bridgehead atoms. The van der Waals surface area contributed by atoms with Crippen molar-refractivity contribution in [3.05, 3.63) is 0 Å². The summed E-state index contributed by atoms with van der Waals surface area (Å²) in [7, 11) is -4.81. The first-order chi connectivity index (χ1) is 9.33. The average Bonchev–Trinajstić information content (AvgIpc) is 2.60. The fraction of sp³-hybridized carbons (Fsp3) is 0.625. The van der Waals surface area contributed by atoms with Gasteiger partial charge in [-0.15, -0.1) is 4.28 Å². The van der Waals surface area contributed by atoms with Crippen LogP contribution in [0.15, 0.2) is 0 Å². The standard InChI is InChI=1S/C8H12N4O7S/c13-4-9-10-7(14)6-2-1-5-3-11(6)8(15)12(5)19-20(16,17)18/h4-6H,1-3H2,(H,9,13)(H,10,14)(H,16,17,18)/t5?,6-/m0/s1. The molecule has 112 valence electrons. The minimum atomic E-state index is -4.81. The molecule has 2 saturated heterocycles. The van der Waals surface area contributed by atoms with Crippen molar-refractivity contribution in [2.45, 2.75) is 24.9 Å². The molecule has 0 radical (unpaired) electrons. The van der Waals surface area contributed by atoms with Crippen LogP contribution in [0.1, 0.15) is 12.8 Å². The van der Waals surface area contributed by atoms with Crippen molar-refractivity contribution in [1.29, 1.82) is 0 Å². The Labute approximate surface area is 113 Å². The zero-order chi connectivity index (χ0) is 14.9. The molecule has 11 nitrogen and oxygen atoms in total. The number of amides is 4. The summed E-state index contributed by atoms with van der Waals surface area (Å²) in [5.41, 5.74) is 4.06. The molecule has 0 aromatic carbocycles. The second kappa shape index (κ2) is 5.22. The van der Waals surface area contributed by atoms with Crippen LogP contribution in [-0.2, 0) is 24.3 Å². The fourth-order valence-corrected chi connectivity index (χ4v) is 2.68. The van der Waals surface area contributed by atoms with E-state index in [1.54, 1.807) is 0 Å². The van der Waals surface area contributed by atoms with Crippen LogP contribution in [0.25, 0.3) is 0 Å². The van der Waals surface area contributed by atoms with E-state index in [4.69, 9.17) is 4.55 Å². The summed E-state index contributed by atoms with van der Waals surface area (Å²) in [4.78, 5) is 34.9. The highest BCUT2D eigenvalue weighted by atomic mass is 32.3. The van der Waals surface area contributed by atoms with Crippen molar-refractivity contribution < 1.29 is 31.6 Å². The van der Waals surface area contributed by atoms with Crippen molar-refractivity contribution in [2.75, 3.05) is 6.54 Å². The van der Waals surface area contributed by atoms with E-state index >= 15 is 0 Å². The van der Waals surface area contributed by atoms with E-state index in [9.17, 15) is 22.8 Å². The van der Waals surface area contributed by atoms with Crippen LogP contribution in [0.3, 0.4) is 0 Å². The Morgan fingerprint density at radius 3 is 2.75 bits per heavy atom. The number of rotatable bonds is 5. The highest BCUT2D eigenvalue weighted by Crippen LogP contribution is 2.30. The van der Waals surface area contributed by atoms with Gasteiger partial charge in [0.15, 0.2) is 0 Å². The number of piperidine rings is 1. The Hall–Kier alpha value is -1.92. The van der Waals surface area contributed by atoms with Gasteiger partial charge in [0.1, 0.15) is 6.04 Å². The molecule has 0 spiro atoms. The Morgan fingerprint density at radius 2 is 2.15 bits per heavy atom. The van der Waals surface area contributed by atoms with Crippen LogP contribution in [0.2, 0.25) is 0 Å². The Morgan fingerprint density at radius 1 is 1.45 bits per heavy atom. The fourth-order valence-electron chi connectivity index (χ4n) is 2.29. The molecule has 0 aliphatic carbocycles. The number of hydrogen-bond acceptors (Lipinski definition) is 6. The molecular weight excluding hydrogens is 296 g/mol. The van der Waals surface area contributed by atoms with E-state index in [1.807, 2.05) is 5.43 Å². The first kappa shape index (κ1) is 14.5. The molecule has 2 rings (SSSR count). The van der Waals surface area contributed by atoms with Gasteiger partial charge in [-0.2, -0.15) is 13.5 Å². The normalized spacial score (nSPS) is 25.6. The molecular formula is C8H12N4O7S. The number of urea groups is 1. The minimum Gasteiger partial charge on any atom is -0.309 e. The van der Waals surface area contributed by atoms with Gasteiger partial charge in [0, 0.05) is 6.54 Å². The topological polar surface area (TPSA) is 145 Å². The monoisotopic (exact) mass is 308 g/mol. The predicted octanol–water partition coefficient (Wildman–Crippen LogP) is -2.23. The summed E-state index contributed by atoms with van der Waals surface area (Å²) in [5.74, 6) is -0.599. The Kier molecular flexibility index (Phi) is 3.78. The molecule has 2 heterocycles. The third kappa shape index (κ3) is 2.81. The van der Waals surface area contributed by atoms with Gasteiger partial charge in [0.25, 0.3) is 5.91 Å². The minimum absolute atomic E-state index is 0.0908. The van der Waals surface area contributed by atoms with Gasteiger partial charge in [-0.1, -0.05) is 0 Å². The summed E-state index contributed by atoms with van der Waals surface area (Å²) in [5, 5.41) is 0.537. The van der Waals surface area contributed by atoms with Crippen molar-refractivity contribution >= 4 is 28.7 Å². The lowest BCUT2D eigenvalue weighted by atomic mass is 10.0. The highest BCUT2D eigenvalue weighted by molar-refractivity contribution is 7.80. The van der Waals surface area contributed by atoms with Crippen LogP contribution in [0.5, 0.6) is 0 Å². The zero-order valence-electron chi connectivity index (χ0n) is 10.1. The number of hydrogen-bond donors (Lipinski definition) is 3. The van der Waals surface area contributed by atoms with Crippen molar-refractivity contribution in [2.24, 2.45) is 0 Å². The summed E-state index contributed by atoms with van der Waals surface area (Å²) in [6.45, 7) is 0.0908. The number of nitrogens with one attached hydrogen (secondary N) is 2. The van der Waals surface area contributed by atoms with E-state index < -0.39 is 34.4 Å². The molecule has 3 N–H and O–H groups in total. The van der Waals surface area contributed by atoms with E-state index in [-0.39, 0.29) is 19.4 Å². The van der Waals surface area contributed by atoms with E-state index in [2.05, 4.69) is 9.71 Å². The number of fused-ring (bicyclic) bond motifs is 2. The number of carbonyl (C=O) groups is 3. The lowest BCUT2D eigenvalue weighted by molar-refractivity contribution is -0.129. The number of hydrazine groups is 1. The zero-order valence-corrected chi connectivity index (χ0v) is 10.9. The van der Waals surface area contributed by atoms with Crippen LogP contribution in [0, 0.1) is 0 Å². The number of hydroxylamine groups is 2. The maximum absolute atomic E-state index is 11.9. The van der Waals surface area contributed by atoms with Gasteiger partial charge in [-0.25, -0.2) is 4.79 Å². The van der Waals surface area contributed by atoms with Crippen LogP contribution < -0.4 is 10.9 Å². The summed E-state index contributed by atoms with van der Waals surface area (Å²) >= 11 is 0. The SMILES string of the molecule is O=CNNC(=O)[C@@H]1CCC2CN1C(=O)N2OS(=O)(=O)O. The van der Waals surface area contributed by atoms with Crippen molar-refractivity contribution in [3.63, 3.8) is 0 Å². The quantitative estimate of drug-likeness (QED) is 0.296. The van der Waals surface area contributed by atoms with Gasteiger partial charge in [0.2, 0.25) is 6.41 Å². The summed E-state index contributed by atoms with van der Waals surface area (Å²) in [6, 6.07) is -2.25. The van der Waals surface area contributed by atoms with Gasteiger partial charge in [-0.05, 0) is 12.8 Å². The molecule has 1 unspecified atom stereocenters. The Bertz CT molecular complexity index is 535. The maximum Gasteiger partial charge on any atom is 0.418 e. The molecule has 0 aromatic heterocycles. The highest BCUT2D eigenvalue weighted by Gasteiger charge is 2.49. The molecule has 2 aliphatic heterocycles. The molecule has 4 amide bonds. The summed E-state index contributed by atoms with van der Waals surface area (Å²) in [6.07, 6.45) is 0.855. The van der Waals surface area contributed by atoms with Crippen molar-refractivity contribution in [1.82, 2.24) is 20.8 Å². The third-order valence-electron chi connectivity index (χ3n) is 3.05. The molecule has 2 fully saturated rings. The average molecular weight is 308 g/mol. The van der Waals surface area contributed by atoms with Crippen molar-refractivity contribution in [3.8, 4) is 0 Å². The van der Waals surface area contributed by atoms with Gasteiger partial charge < -0.3 is 4.90 Å². The Balaban J connectivity index is 2.09. The first-order valence-electron chi connectivity index (χ1n) is 5.59. The van der Waals surface area contributed by atoms with Gasteiger partial charge in [0.05, 0.1) is 6.04 Å². The predicted molar refractivity (Wildman–Crippen MR) is 60.7 cm³/mol. The van der Waals surface area contributed by atoms with E-state index in [0.717, 1.165) is 4.90 Å². The lowest BCUT2D eigenvalue weighted by Crippen LogP contribution is -2.52. The lowest BCUT2D eigenvalue weighted by Gasteiger charge is -2.28. The number of carbonyl (C=O) groups excluding carboxylic acids is 3. The molecule has 0 saturated carbocycles.